The highest BCUT2D eigenvalue weighted by molar-refractivity contribution is 7.80. The van der Waals surface area contributed by atoms with Crippen LogP contribution in [0.15, 0.2) is 30.5 Å². The monoisotopic (exact) mass is 509 g/mol. The van der Waals surface area contributed by atoms with Gasteiger partial charge in [-0.15, -0.1) is 0 Å². The highest BCUT2D eigenvalue weighted by atomic mass is 32.1. The van der Waals surface area contributed by atoms with Crippen LogP contribution in [0.5, 0.6) is 0 Å². The van der Waals surface area contributed by atoms with Crippen molar-refractivity contribution in [3.63, 3.8) is 0 Å². The van der Waals surface area contributed by atoms with E-state index in [2.05, 4.69) is 46.2 Å². The van der Waals surface area contributed by atoms with Gasteiger partial charge >= 0.3 is 5.97 Å². The van der Waals surface area contributed by atoms with Gasteiger partial charge in [-0.1, -0.05) is 32.0 Å². The molecule has 4 unspecified atom stereocenters. The fourth-order valence-corrected chi connectivity index (χ4v) is 3.73. The Hall–Kier alpha value is -2.70. The molecule has 2 aromatic rings. The van der Waals surface area contributed by atoms with Crippen molar-refractivity contribution in [2.24, 2.45) is 11.7 Å². The molecule has 0 aliphatic rings. The van der Waals surface area contributed by atoms with E-state index in [0.29, 0.717) is 0 Å². The van der Waals surface area contributed by atoms with Crippen molar-refractivity contribution in [1.82, 2.24) is 20.9 Å². The van der Waals surface area contributed by atoms with Crippen molar-refractivity contribution in [1.29, 1.82) is 0 Å². The number of amides is 3. The van der Waals surface area contributed by atoms with E-state index in [1.165, 1.54) is 0 Å². The van der Waals surface area contributed by atoms with E-state index in [9.17, 15) is 24.3 Å². The molecule has 0 saturated carbocycles. The lowest BCUT2D eigenvalue weighted by atomic mass is 10.0. The quantitative estimate of drug-likeness (QED) is 0.189. The van der Waals surface area contributed by atoms with E-state index < -0.39 is 47.9 Å². The number of aromatic amines is 1. The minimum absolute atomic E-state index is 0.0296. The van der Waals surface area contributed by atoms with E-state index in [4.69, 9.17) is 5.73 Å². The zero-order chi connectivity index (χ0) is 25.4. The summed E-state index contributed by atoms with van der Waals surface area (Å²) in [6.07, 6.45) is 1.81. The molecule has 34 heavy (non-hydrogen) atoms. The number of aliphatic carboxylic acids is 1. The van der Waals surface area contributed by atoms with Crippen LogP contribution < -0.4 is 21.7 Å². The van der Waals surface area contributed by atoms with E-state index in [1.807, 2.05) is 24.3 Å². The Bertz CT molecular complexity index is 1030. The van der Waals surface area contributed by atoms with E-state index in [0.717, 1.165) is 16.5 Å². The second kappa shape index (κ2) is 12.7. The largest absolute Gasteiger partial charge is 0.480 e. The summed E-state index contributed by atoms with van der Waals surface area (Å²) in [6, 6.07) is 3.24. The summed E-state index contributed by atoms with van der Waals surface area (Å²) in [7, 11) is 0. The molecule has 0 fully saturated rings. The van der Waals surface area contributed by atoms with Crippen LogP contribution in [-0.4, -0.2) is 69.5 Å². The molecule has 0 bridgehead atoms. The highest BCUT2D eigenvalue weighted by Gasteiger charge is 2.30. The number of nitrogens with one attached hydrogen (secondary N) is 4. The Morgan fingerprint density at radius 1 is 0.941 bits per heavy atom. The summed E-state index contributed by atoms with van der Waals surface area (Å²) in [5.41, 5.74) is 7.46. The van der Waals surface area contributed by atoms with Gasteiger partial charge in [0.05, 0.1) is 6.04 Å². The molecule has 1 heterocycles. The zero-order valence-electron chi connectivity index (χ0n) is 18.9. The van der Waals surface area contributed by atoms with Crippen LogP contribution in [0.25, 0.3) is 10.9 Å². The third-order valence-electron chi connectivity index (χ3n) is 5.37. The number of para-hydroxylation sites is 1. The van der Waals surface area contributed by atoms with Crippen LogP contribution in [0.1, 0.15) is 19.4 Å². The first-order valence-electron chi connectivity index (χ1n) is 10.7. The summed E-state index contributed by atoms with van der Waals surface area (Å²) in [5, 5.41) is 17.7. The highest BCUT2D eigenvalue weighted by Crippen LogP contribution is 2.19. The standard InChI is InChI=1S/C22H31N5O5S2/c1-11(2)18(23)21(30)26-16(9-33)20(29)25-15(19(28)27-17(10-34)22(31)32)7-12-8-24-14-6-4-3-5-13(12)14/h3-6,8,11,15-18,24,33-34H,7,9-10,23H2,1-2H3,(H,25,29)(H,26,30)(H,27,28)(H,31,32). The molecule has 3 amide bonds. The van der Waals surface area contributed by atoms with Gasteiger partial charge in [-0.3, -0.25) is 14.4 Å². The number of aromatic nitrogens is 1. The first-order chi connectivity index (χ1) is 16.1. The first-order valence-corrected chi connectivity index (χ1v) is 12.0. The smallest absolute Gasteiger partial charge is 0.327 e. The summed E-state index contributed by atoms with van der Waals surface area (Å²) >= 11 is 8.12. The minimum atomic E-state index is -1.25. The molecule has 12 heteroatoms. The van der Waals surface area contributed by atoms with E-state index >= 15 is 0 Å². The van der Waals surface area contributed by atoms with Crippen LogP contribution >= 0.6 is 25.3 Å². The second-order valence-electron chi connectivity index (χ2n) is 8.22. The SMILES string of the molecule is CC(C)C(N)C(=O)NC(CS)C(=O)NC(Cc1c[nH]c2ccccc12)C(=O)NC(CS)C(=O)O. The van der Waals surface area contributed by atoms with Gasteiger partial charge in [0, 0.05) is 35.0 Å². The maximum atomic E-state index is 13.0. The average molecular weight is 510 g/mol. The number of hydrogen-bond donors (Lipinski definition) is 8. The lowest BCUT2D eigenvalue weighted by Crippen LogP contribution is -2.58. The van der Waals surface area contributed by atoms with E-state index in [-0.39, 0.29) is 23.8 Å². The molecule has 186 valence electrons. The molecule has 0 aliphatic carbocycles. The van der Waals surface area contributed by atoms with Crippen molar-refractivity contribution >= 4 is 59.9 Å². The fourth-order valence-electron chi connectivity index (χ4n) is 3.22. The molecule has 10 nitrogen and oxygen atoms in total. The number of carboxylic acid groups (broad SMARTS) is 1. The Kier molecular flexibility index (Phi) is 10.3. The molecule has 0 radical (unpaired) electrons. The number of H-pyrrole nitrogens is 1. The molecular formula is C22H31N5O5S2. The number of carboxylic acids is 1. The topological polar surface area (TPSA) is 166 Å². The molecule has 7 N–H and O–H groups in total. The molecule has 0 spiro atoms. The maximum absolute atomic E-state index is 13.0. The molecule has 1 aromatic carbocycles. The first kappa shape index (κ1) is 27.5. The van der Waals surface area contributed by atoms with Gasteiger partial charge in [-0.25, -0.2) is 4.79 Å². The second-order valence-corrected chi connectivity index (χ2v) is 8.95. The van der Waals surface area contributed by atoms with Crippen molar-refractivity contribution in [2.45, 2.75) is 44.4 Å². The summed E-state index contributed by atoms with van der Waals surface area (Å²) in [6.45, 7) is 3.56. The number of carbonyl (C=O) groups is 4. The normalized spacial score (nSPS) is 14.8. The zero-order valence-corrected chi connectivity index (χ0v) is 20.7. The minimum Gasteiger partial charge on any atom is -0.480 e. The third kappa shape index (κ3) is 7.15. The molecule has 0 aliphatic heterocycles. The summed E-state index contributed by atoms with van der Waals surface area (Å²) < 4.78 is 0. The number of hydrogen-bond acceptors (Lipinski definition) is 7. The van der Waals surface area contributed by atoms with Gasteiger partial charge in [0.1, 0.15) is 18.1 Å². The van der Waals surface area contributed by atoms with Crippen LogP contribution in [0.4, 0.5) is 0 Å². The Labute approximate surface area is 208 Å². The van der Waals surface area contributed by atoms with Gasteiger partial charge < -0.3 is 31.8 Å². The number of rotatable bonds is 12. The fraction of sp³-hybridized carbons (Fsp3) is 0.455. The number of fused-ring (bicyclic) bond motifs is 1. The number of nitrogens with two attached hydrogens (primary N) is 1. The number of benzene rings is 1. The molecule has 4 atom stereocenters. The van der Waals surface area contributed by atoms with E-state index in [1.54, 1.807) is 20.0 Å². The van der Waals surface area contributed by atoms with Crippen LogP contribution in [0.3, 0.4) is 0 Å². The lowest BCUT2D eigenvalue weighted by Gasteiger charge is -2.25. The lowest BCUT2D eigenvalue weighted by molar-refractivity contribution is -0.141. The Balaban J connectivity index is 2.25. The Morgan fingerprint density at radius 2 is 1.50 bits per heavy atom. The van der Waals surface area contributed by atoms with Crippen LogP contribution in [0.2, 0.25) is 0 Å². The Morgan fingerprint density at radius 3 is 2.09 bits per heavy atom. The summed E-state index contributed by atoms with van der Waals surface area (Å²) in [5.74, 6) is -3.39. The average Bonchev–Trinajstić information content (AvgIpc) is 3.21. The summed E-state index contributed by atoms with van der Waals surface area (Å²) in [4.78, 5) is 52.8. The molecule has 1 aromatic heterocycles. The predicted molar refractivity (Wildman–Crippen MR) is 136 cm³/mol. The third-order valence-corrected chi connectivity index (χ3v) is 6.10. The van der Waals surface area contributed by atoms with Gasteiger partial charge in [0.15, 0.2) is 0 Å². The van der Waals surface area contributed by atoms with Gasteiger partial charge in [-0.2, -0.15) is 25.3 Å². The van der Waals surface area contributed by atoms with Gasteiger partial charge in [-0.05, 0) is 17.5 Å². The van der Waals surface area contributed by atoms with Crippen molar-refractivity contribution in [2.75, 3.05) is 11.5 Å². The molecule has 0 saturated heterocycles. The maximum Gasteiger partial charge on any atom is 0.327 e. The molecular weight excluding hydrogens is 478 g/mol. The van der Waals surface area contributed by atoms with Crippen molar-refractivity contribution < 1.29 is 24.3 Å². The number of thiol groups is 2. The van der Waals surface area contributed by atoms with Crippen LogP contribution in [-0.2, 0) is 25.6 Å². The van der Waals surface area contributed by atoms with Crippen LogP contribution in [0, 0.1) is 5.92 Å². The van der Waals surface area contributed by atoms with Crippen molar-refractivity contribution in [3.05, 3.63) is 36.0 Å². The number of carbonyl (C=O) groups excluding carboxylic acids is 3. The molecule has 2 rings (SSSR count). The predicted octanol–water partition coefficient (Wildman–Crippen LogP) is 0.0923. The van der Waals surface area contributed by atoms with Gasteiger partial charge in [0.25, 0.3) is 0 Å². The van der Waals surface area contributed by atoms with Gasteiger partial charge in [0.2, 0.25) is 17.7 Å². The van der Waals surface area contributed by atoms with Crippen molar-refractivity contribution in [3.8, 4) is 0 Å².